The number of thiazole rings is 2. The Morgan fingerprint density at radius 1 is 1.04 bits per heavy atom. The highest BCUT2D eigenvalue weighted by Gasteiger charge is 2.39. The highest BCUT2D eigenvalue weighted by molar-refractivity contribution is 7.16. The molecule has 3 heterocycles. The van der Waals surface area contributed by atoms with Gasteiger partial charge in [0.15, 0.2) is 35.6 Å². The predicted octanol–water partition coefficient (Wildman–Crippen LogP) is 8.39. The summed E-state index contributed by atoms with van der Waals surface area (Å²) in [6.07, 6.45) is 1.75. The summed E-state index contributed by atoms with van der Waals surface area (Å²) in [5.74, 6) is 0.721. The number of rotatable bonds is 20. The molecule has 0 aliphatic carbocycles. The summed E-state index contributed by atoms with van der Waals surface area (Å²) in [7, 11) is 4.51. The van der Waals surface area contributed by atoms with Crippen molar-refractivity contribution in [3.8, 4) is 0 Å². The van der Waals surface area contributed by atoms with E-state index in [0.717, 1.165) is 65.7 Å². The Bertz CT molecular complexity index is 1920. The lowest BCUT2D eigenvalue weighted by molar-refractivity contribution is 0.0595. The van der Waals surface area contributed by atoms with Crippen molar-refractivity contribution in [1.29, 1.82) is 0 Å². The molecule has 4 rings (SSSR count). The molecule has 0 bridgehead atoms. The van der Waals surface area contributed by atoms with Crippen LogP contribution in [0.25, 0.3) is 10.2 Å². The molecule has 0 aliphatic heterocycles. The lowest BCUT2D eigenvalue weighted by Crippen LogP contribution is -2.47. The van der Waals surface area contributed by atoms with Gasteiger partial charge in [0.25, 0.3) is 0 Å². The van der Waals surface area contributed by atoms with Gasteiger partial charge in [-0.2, -0.15) is 4.99 Å². The maximum absolute atomic E-state index is 12.4. The second kappa shape index (κ2) is 19.5. The second-order valence-corrected chi connectivity index (χ2v) is 29.5. The van der Waals surface area contributed by atoms with E-state index < -0.39 is 22.4 Å². The zero-order valence-corrected chi connectivity index (χ0v) is 39.1. The normalized spacial score (nSPS) is 13.7. The molecule has 12 nitrogen and oxygen atoms in total. The van der Waals surface area contributed by atoms with Crippen molar-refractivity contribution < 1.29 is 18.7 Å². The number of esters is 1. The van der Waals surface area contributed by atoms with Crippen molar-refractivity contribution in [2.45, 2.75) is 97.2 Å². The van der Waals surface area contributed by atoms with E-state index in [2.05, 4.69) is 111 Å². The fraction of sp³-hybridized carbons (Fsp3) is 0.615. The van der Waals surface area contributed by atoms with E-state index in [-0.39, 0.29) is 16.8 Å². The zero-order chi connectivity index (χ0) is 40.6. The molecule has 16 heteroatoms. The van der Waals surface area contributed by atoms with Gasteiger partial charge in [-0.15, -0.1) is 21.5 Å². The monoisotopic (exact) mass is 828 g/mol. The van der Waals surface area contributed by atoms with Crippen molar-refractivity contribution in [3.05, 3.63) is 51.8 Å². The third kappa shape index (κ3) is 13.1. The third-order valence-electron chi connectivity index (χ3n) is 9.97. The first-order valence-corrected chi connectivity index (χ1v) is 27.5. The van der Waals surface area contributed by atoms with E-state index in [9.17, 15) is 4.79 Å². The topological polar surface area (TPSA) is 110 Å². The molecule has 0 amide bonds. The van der Waals surface area contributed by atoms with Gasteiger partial charge in [-0.05, 0) is 88.8 Å². The molecule has 1 atom stereocenters. The minimum Gasteiger partial charge on any atom is -0.464 e. The molecule has 0 N–H and O–H groups in total. The molecule has 0 spiro atoms. The summed E-state index contributed by atoms with van der Waals surface area (Å²) < 4.78 is 21.5. The highest BCUT2D eigenvalue weighted by Crippen LogP contribution is 2.38. The number of aromatic nitrogens is 4. The molecule has 304 valence electrons. The molecule has 3 aromatic heterocycles. The quantitative estimate of drug-likeness (QED) is 0.0490. The minimum atomic E-state index is -2.03. The standard InChI is InChI=1S/C39H64N8O4S2Si2/c1-29-25-34(42-43-35(29)41-38-47(28-50-23-24-54(9,10)11)32-18-14-15-19-33(32)53-38)46(37-40-31(27-52-37)36(48)49-8)20-16-17-30(26-45(7)22-21-44(5)6)51-55(12,13)39(2,3)4/h14-15,18-19,25,27,30H,16-17,20-24,26,28H2,1-13H3/b41-38-. The van der Waals surface area contributed by atoms with Crippen LogP contribution >= 0.6 is 22.7 Å². The van der Waals surface area contributed by atoms with Gasteiger partial charge in [0.1, 0.15) is 6.73 Å². The van der Waals surface area contributed by atoms with Crippen LogP contribution < -0.4 is 9.70 Å². The molecule has 1 unspecified atom stereocenters. The van der Waals surface area contributed by atoms with E-state index in [1.54, 1.807) is 16.7 Å². The molecular formula is C39H64N8O4S2Si2. The molecule has 1 aromatic carbocycles. The molecule has 0 saturated carbocycles. The number of hydrogen-bond acceptors (Lipinski definition) is 13. The van der Waals surface area contributed by atoms with Gasteiger partial charge in [0.2, 0.25) is 0 Å². The minimum absolute atomic E-state index is 0.0679. The molecule has 4 aromatic rings. The average molecular weight is 829 g/mol. The average Bonchev–Trinajstić information content (AvgIpc) is 3.72. The van der Waals surface area contributed by atoms with Gasteiger partial charge >= 0.3 is 5.97 Å². The smallest absolute Gasteiger partial charge is 0.357 e. The maximum Gasteiger partial charge on any atom is 0.357 e. The van der Waals surface area contributed by atoms with Crippen LogP contribution in [0.5, 0.6) is 0 Å². The highest BCUT2D eigenvalue weighted by atomic mass is 32.1. The fourth-order valence-electron chi connectivity index (χ4n) is 5.53. The number of benzene rings is 1. The van der Waals surface area contributed by atoms with Crippen molar-refractivity contribution >= 4 is 72.0 Å². The summed E-state index contributed by atoms with van der Waals surface area (Å²) >= 11 is 3.00. The zero-order valence-electron chi connectivity index (χ0n) is 35.4. The molecule has 0 aliphatic rings. The number of carbonyl (C=O) groups excluding carboxylic acids is 1. The third-order valence-corrected chi connectivity index (χ3v) is 18.1. The van der Waals surface area contributed by atoms with Gasteiger partial charge in [0.05, 0.1) is 23.4 Å². The first-order chi connectivity index (χ1) is 25.8. The SMILES string of the molecule is COC(=O)c1csc(N(CCCC(CN(C)CCN(C)C)O[Si](C)(C)C(C)(C)C)c2cc(C)c(/N=c3\sc4ccccc4n3COCC[Si](C)(C)C)nn2)n1. The van der Waals surface area contributed by atoms with Gasteiger partial charge in [-0.3, -0.25) is 4.57 Å². The Kier molecular flexibility index (Phi) is 15.9. The van der Waals surface area contributed by atoms with Crippen LogP contribution in [0.4, 0.5) is 16.8 Å². The van der Waals surface area contributed by atoms with Crippen molar-refractivity contribution in [2.75, 3.05) is 65.9 Å². The van der Waals surface area contributed by atoms with E-state index in [0.29, 0.717) is 30.0 Å². The molecule has 55 heavy (non-hydrogen) atoms. The van der Waals surface area contributed by atoms with Crippen molar-refractivity contribution in [3.63, 3.8) is 0 Å². The Hall–Kier alpha value is -2.84. The van der Waals surface area contributed by atoms with Crippen LogP contribution in [-0.2, 0) is 20.6 Å². The summed E-state index contributed by atoms with van der Waals surface area (Å²) in [5.41, 5.74) is 2.23. The number of likely N-dealkylation sites (N-methyl/N-ethyl adjacent to an activating group) is 2. The van der Waals surface area contributed by atoms with Crippen molar-refractivity contribution in [1.82, 2.24) is 29.5 Å². The number of hydrogen-bond donors (Lipinski definition) is 0. The van der Waals surface area contributed by atoms with Crippen LogP contribution in [0.3, 0.4) is 0 Å². The van der Waals surface area contributed by atoms with E-state index in [4.69, 9.17) is 24.0 Å². The van der Waals surface area contributed by atoms with Crippen LogP contribution in [0.2, 0.25) is 43.8 Å². The number of para-hydroxylation sites is 1. The number of carbonyl (C=O) groups is 1. The van der Waals surface area contributed by atoms with Crippen LogP contribution in [-0.4, -0.2) is 119 Å². The van der Waals surface area contributed by atoms with Gasteiger partial charge in [0, 0.05) is 46.2 Å². The number of aryl methyl sites for hydroxylation is 1. The van der Waals surface area contributed by atoms with Crippen LogP contribution in [0, 0.1) is 6.92 Å². The number of fused-ring (bicyclic) bond motifs is 1. The number of anilines is 2. The van der Waals surface area contributed by atoms with Crippen LogP contribution in [0.15, 0.2) is 40.7 Å². The predicted molar refractivity (Wildman–Crippen MR) is 234 cm³/mol. The summed E-state index contributed by atoms with van der Waals surface area (Å²) in [6, 6.07) is 11.4. The summed E-state index contributed by atoms with van der Waals surface area (Å²) in [5, 5.41) is 11.9. The van der Waals surface area contributed by atoms with E-state index in [1.165, 1.54) is 18.4 Å². The lowest BCUT2D eigenvalue weighted by Gasteiger charge is -2.40. The second-order valence-electron chi connectivity index (χ2n) is 17.3. The van der Waals surface area contributed by atoms with Gasteiger partial charge < -0.3 is 28.6 Å². The largest absolute Gasteiger partial charge is 0.464 e. The molecule has 0 saturated heterocycles. The van der Waals surface area contributed by atoms with E-state index in [1.807, 2.05) is 30.0 Å². The van der Waals surface area contributed by atoms with Crippen molar-refractivity contribution in [2.24, 2.45) is 4.99 Å². The fourth-order valence-corrected chi connectivity index (χ4v) is 9.51. The lowest BCUT2D eigenvalue weighted by atomic mass is 10.2. The first-order valence-electron chi connectivity index (χ1n) is 19.2. The van der Waals surface area contributed by atoms with Gasteiger partial charge in [-0.1, -0.05) is 63.9 Å². The summed E-state index contributed by atoms with van der Waals surface area (Å²) in [4.78, 5) is 29.6. The Morgan fingerprint density at radius 2 is 1.76 bits per heavy atom. The first kappa shape index (κ1) is 44.9. The molecule has 0 radical (unpaired) electrons. The maximum atomic E-state index is 12.4. The number of ether oxygens (including phenoxy) is 2. The molecule has 0 fully saturated rings. The Labute approximate surface area is 338 Å². The van der Waals surface area contributed by atoms with Gasteiger partial charge in [-0.25, -0.2) is 9.78 Å². The Morgan fingerprint density at radius 3 is 2.42 bits per heavy atom. The summed E-state index contributed by atoms with van der Waals surface area (Å²) in [6.45, 7) is 25.1. The van der Waals surface area contributed by atoms with Crippen LogP contribution in [0.1, 0.15) is 49.7 Å². The molecular weight excluding hydrogens is 765 g/mol. The number of methoxy groups -OCH3 is 1. The van der Waals surface area contributed by atoms with E-state index >= 15 is 0 Å². The Balaban J connectivity index is 1.63. The number of nitrogens with zero attached hydrogens (tertiary/aromatic N) is 8.